The van der Waals surface area contributed by atoms with E-state index in [-0.39, 0.29) is 19.5 Å². The quantitative estimate of drug-likeness (QED) is 0.251. The zero-order chi connectivity index (χ0) is 6.15. The summed E-state index contributed by atoms with van der Waals surface area (Å²) in [6.07, 6.45) is 2.89. The summed E-state index contributed by atoms with van der Waals surface area (Å²) in [5.74, 6) is 0. The first-order valence-electron chi connectivity index (χ1n) is 2.38. The molecule has 0 aromatic carbocycles. The molecule has 52 valence electrons. The van der Waals surface area contributed by atoms with Crippen LogP contribution in [0.25, 0.3) is 0 Å². The Labute approximate surface area is 68.8 Å². The summed E-state index contributed by atoms with van der Waals surface area (Å²) < 4.78 is 1.66. The number of hydrogen-bond donors (Lipinski definition) is 0. The predicted octanol–water partition coefficient (Wildman–Crippen LogP) is -1.63. The minimum absolute atomic E-state index is 0. The maximum Gasteiger partial charge on any atom is 0 e. The van der Waals surface area contributed by atoms with Crippen molar-refractivity contribution < 1.29 is 24.0 Å². The molecule has 0 unspecified atom stereocenters. The maximum atomic E-state index is 5.36. The van der Waals surface area contributed by atoms with Gasteiger partial charge in [0.25, 0.3) is 0 Å². The van der Waals surface area contributed by atoms with Gasteiger partial charge in [0.15, 0.2) is 0 Å². The van der Waals surface area contributed by atoms with Crippen LogP contribution in [0, 0.1) is 13.1 Å². The summed E-state index contributed by atoms with van der Waals surface area (Å²) in [6.45, 7) is 1.86. The third-order valence-electron chi connectivity index (χ3n) is 0.955. The SMILES string of the molecule is [B-]c1[n-]c(C)[c-][n+]1C.[Rf].[Rh]. The van der Waals surface area contributed by atoms with Crippen LogP contribution in [-0.2, 0) is 26.5 Å². The van der Waals surface area contributed by atoms with Crippen LogP contribution in [0.3, 0.4) is 0 Å². The summed E-state index contributed by atoms with van der Waals surface area (Å²) in [4.78, 5) is 3.90. The van der Waals surface area contributed by atoms with Crippen molar-refractivity contribution in [2.45, 2.75) is 6.92 Å². The standard InChI is InChI=1S/C5H6BN2.Rf.Rh/c1-4-3-8(2)5(6)7-4;;/h1-2H3;;/q-2;;. The molecule has 2 nitrogen and oxygen atoms in total. The Morgan fingerprint density at radius 1 is 1.60 bits per heavy atom. The first-order chi connectivity index (χ1) is 3.70. The van der Waals surface area contributed by atoms with Gasteiger partial charge in [-0.2, -0.15) is 6.20 Å². The van der Waals surface area contributed by atoms with Crippen LogP contribution in [0.2, 0.25) is 0 Å². The molecule has 5 heteroatoms. The minimum Gasteiger partial charge on any atom is -0.694 e. The molecule has 0 fully saturated rings. The number of rotatable bonds is 0. The molecule has 0 saturated carbocycles. The van der Waals surface area contributed by atoms with Crippen LogP contribution in [0.5, 0.6) is 0 Å². The van der Waals surface area contributed by atoms with E-state index in [9.17, 15) is 0 Å². The van der Waals surface area contributed by atoms with E-state index < -0.39 is 0 Å². The Morgan fingerprint density at radius 3 is 2.20 bits per heavy atom. The molecule has 0 spiro atoms. The largest absolute Gasteiger partial charge is 0.694 e. The number of aromatic nitrogens is 2. The van der Waals surface area contributed by atoms with Crippen LogP contribution >= 0.6 is 0 Å². The van der Waals surface area contributed by atoms with Gasteiger partial charge < -0.3 is 23.1 Å². The first-order valence-corrected chi connectivity index (χ1v) is 2.38. The van der Waals surface area contributed by atoms with Gasteiger partial charge in [-0.25, -0.2) is 0 Å². The molecule has 1 rings (SSSR count). The van der Waals surface area contributed by atoms with Crippen molar-refractivity contribution in [3.63, 3.8) is 0 Å². The maximum absolute atomic E-state index is 5.36. The van der Waals surface area contributed by atoms with Crippen LogP contribution in [-0.4, -0.2) is 7.85 Å². The second kappa shape index (κ2) is 3.84. The zero-order valence-corrected chi connectivity index (χ0v) is 14.1. The fraction of sp³-hybridized carbons (Fsp3) is 0.400. The molecule has 1 heterocycles. The van der Waals surface area contributed by atoms with E-state index >= 15 is 0 Å². The minimum atomic E-state index is 0. The molecule has 0 bridgehead atoms. The van der Waals surface area contributed by atoms with Crippen LogP contribution in [0.1, 0.15) is 5.69 Å². The smallest absolute Gasteiger partial charge is 0 e. The van der Waals surface area contributed by atoms with Gasteiger partial charge in [0.1, 0.15) is 0 Å². The molecular weight excluding hydrogens is 469 g/mol. The number of hydrogen-bond acceptors (Lipinski definition) is 0. The summed E-state index contributed by atoms with van der Waals surface area (Å²) in [5, 5.41) is 0. The second-order valence-electron chi connectivity index (χ2n) is 1.73. The van der Waals surface area contributed by atoms with Crippen molar-refractivity contribution in [2.24, 2.45) is 7.05 Å². The van der Waals surface area contributed by atoms with Gasteiger partial charge >= 0.3 is 0 Å². The van der Waals surface area contributed by atoms with E-state index in [1.165, 1.54) is 0 Å². The van der Waals surface area contributed by atoms with Crippen LogP contribution < -0.4 is 15.3 Å². The van der Waals surface area contributed by atoms with Crippen molar-refractivity contribution in [1.82, 2.24) is 4.98 Å². The Balaban J connectivity index is 0. The van der Waals surface area contributed by atoms with Gasteiger partial charge in [0.05, 0.1) is 0 Å². The van der Waals surface area contributed by atoms with Crippen molar-refractivity contribution in [2.75, 3.05) is 0 Å². The van der Waals surface area contributed by atoms with Crippen LogP contribution in [0.15, 0.2) is 0 Å². The van der Waals surface area contributed by atoms with Crippen LogP contribution in [0.4, 0.5) is 0 Å². The van der Waals surface area contributed by atoms with Crippen molar-refractivity contribution in [1.29, 1.82) is 0 Å². The molecule has 0 aliphatic heterocycles. The molecule has 0 amide bonds. The third-order valence-corrected chi connectivity index (χ3v) is 0.955. The molecule has 4 radical (unpaired) electrons. The molecule has 1 aromatic heterocycles. The molecule has 10 heavy (non-hydrogen) atoms. The van der Waals surface area contributed by atoms with Gasteiger partial charge in [-0.15, -0.1) is 0 Å². The van der Waals surface area contributed by atoms with Crippen molar-refractivity contribution >= 4 is 13.6 Å². The number of nitrogens with zero attached hydrogens (tertiary/aromatic N) is 2. The van der Waals surface area contributed by atoms with Gasteiger partial charge in [-0.3, -0.25) is 0 Å². The average molecular weight is 475 g/mol. The van der Waals surface area contributed by atoms with E-state index in [2.05, 4.69) is 11.2 Å². The molecular formula is C5H6BN2RfRh-2. The Hall–Kier alpha value is -1.10. The fourth-order valence-corrected chi connectivity index (χ4v) is 0.572. The van der Waals surface area contributed by atoms with Gasteiger partial charge in [0.2, 0.25) is 0 Å². The summed E-state index contributed by atoms with van der Waals surface area (Å²) in [7, 11) is 7.18. The van der Waals surface area contributed by atoms with E-state index in [0.29, 0.717) is 5.72 Å². The summed E-state index contributed by atoms with van der Waals surface area (Å²) >= 11 is 0. The Morgan fingerprint density at radius 2 is 2.10 bits per heavy atom. The van der Waals surface area contributed by atoms with Crippen molar-refractivity contribution in [3.05, 3.63) is 11.9 Å². The number of imidazole rings is 1. The molecule has 0 atom stereocenters. The molecule has 1 aromatic rings. The van der Waals surface area contributed by atoms with Gasteiger partial charge in [-0.1, -0.05) is 5.69 Å². The van der Waals surface area contributed by atoms with E-state index in [1.54, 1.807) is 4.57 Å². The van der Waals surface area contributed by atoms with E-state index in [0.717, 1.165) is 5.69 Å². The Bertz CT molecular complexity index is 182. The van der Waals surface area contributed by atoms with Gasteiger partial charge in [0, 0.05) is 19.5 Å². The molecule has 0 saturated heterocycles. The second-order valence-corrected chi connectivity index (χ2v) is 1.73. The Kier molecular flexibility index (Phi) is 4.47. The summed E-state index contributed by atoms with van der Waals surface area (Å²) in [5.41, 5.74) is 1.35. The fourth-order valence-electron chi connectivity index (χ4n) is 0.572. The normalized spacial score (nSPS) is 7.90. The molecule has 0 N–H and O–H groups in total. The van der Waals surface area contributed by atoms with Gasteiger partial charge in [-0.05, 0) is 14.0 Å². The van der Waals surface area contributed by atoms with E-state index in [1.807, 2.05) is 14.0 Å². The number of aryl methyl sites for hydroxylation is 2. The molecule has 0 aliphatic carbocycles. The van der Waals surface area contributed by atoms with Crippen molar-refractivity contribution in [3.8, 4) is 0 Å². The zero-order valence-electron chi connectivity index (χ0n) is 6.01. The molecule has 0 aliphatic rings. The predicted molar refractivity (Wildman–Crippen MR) is 29.9 cm³/mol. The van der Waals surface area contributed by atoms with E-state index in [4.69, 9.17) is 7.85 Å². The summed E-state index contributed by atoms with van der Waals surface area (Å²) in [6, 6.07) is 0. The first kappa shape index (κ1) is 11.7. The average Bonchev–Trinajstić information content (AvgIpc) is 1.85. The monoisotopic (exact) mass is 475 g/mol. The third kappa shape index (κ3) is 2.02. The topological polar surface area (TPSA) is 18.0 Å².